The summed E-state index contributed by atoms with van der Waals surface area (Å²) >= 11 is 15.4. The lowest BCUT2D eigenvalue weighted by molar-refractivity contribution is -0.122. The third-order valence-electron chi connectivity index (χ3n) is 5.48. The second-order valence-corrected chi connectivity index (χ2v) is 9.97. The van der Waals surface area contributed by atoms with Crippen LogP contribution < -0.4 is 25.0 Å². The minimum absolute atomic E-state index is 0.133. The Balaban J connectivity index is 1.57. The number of nitrogens with zero attached hydrogens (tertiary/aromatic N) is 1. The van der Waals surface area contributed by atoms with E-state index in [1.165, 1.54) is 37.5 Å². The quantitative estimate of drug-likeness (QED) is 0.253. The Kier molecular flexibility index (Phi) is 8.59. The molecule has 1 aliphatic heterocycles. The number of barbiturate groups is 1. The fourth-order valence-corrected chi connectivity index (χ4v) is 4.57. The molecule has 1 saturated heterocycles. The van der Waals surface area contributed by atoms with Crippen LogP contribution in [0, 0.1) is 6.92 Å². The SMILES string of the molecule is COc1cc(/C=C2\C(=O)NC(=O)N(c3ccc(Cl)c(Cl)c3)C2=O)cc(Br)c1OCC(=O)Nc1cccc(C)c1. The van der Waals surface area contributed by atoms with Gasteiger partial charge >= 0.3 is 6.03 Å². The molecule has 1 aliphatic rings. The van der Waals surface area contributed by atoms with Gasteiger partial charge in [-0.2, -0.15) is 0 Å². The number of hydrogen-bond acceptors (Lipinski definition) is 6. The van der Waals surface area contributed by atoms with Crippen molar-refractivity contribution >= 4 is 80.3 Å². The van der Waals surface area contributed by atoms with Gasteiger partial charge in [-0.15, -0.1) is 0 Å². The fraction of sp³-hybridized carbons (Fsp3) is 0.111. The highest BCUT2D eigenvalue weighted by molar-refractivity contribution is 9.10. The Morgan fingerprint density at radius 3 is 2.54 bits per heavy atom. The van der Waals surface area contributed by atoms with Gasteiger partial charge in [-0.3, -0.25) is 19.7 Å². The third-order valence-corrected chi connectivity index (χ3v) is 6.80. The minimum atomic E-state index is -0.924. The number of halogens is 3. The van der Waals surface area contributed by atoms with Crippen LogP contribution in [0.4, 0.5) is 16.2 Å². The molecule has 1 fully saturated rings. The molecule has 0 aromatic heterocycles. The lowest BCUT2D eigenvalue weighted by atomic mass is 10.1. The van der Waals surface area contributed by atoms with E-state index in [2.05, 4.69) is 26.6 Å². The zero-order valence-corrected chi connectivity index (χ0v) is 23.6. The molecule has 4 rings (SSSR count). The Bertz CT molecular complexity index is 1540. The zero-order chi connectivity index (χ0) is 28.3. The molecular formula is C27H20BrCl2N3O6. The molecular weight excluding hydrogens is 613 g/mol. The number of ether oxygens (including phenoxy) is 2. The summed E-state index contributed by atoms with van der Waals surface area (Å²) in [6, 6.07) is 13.7. The Morgan fingerprint density at radius 2 is 1.85 bits per heavy atom. The number of methoxy groups -OCH3 is 1. The summed E-state index contributed by atoms with van der Waals surface area (Å²) < 4.78 is 11.5. The van der Waals surface area contributed by atoms with Crippen molar-refractivity contribution in [1.82, 2.24) is 5.32 Å². The van der Waals surface area contributed by atoms with Crippen molar-refractivity contribution in [3.05, 3.63) is 85.8 Å². The Morgan fingerprint density at radius 1 is 1.08 bits per heavy atom. The molecule has 0 bridgehead atoms. The van der Waals surface area contributed by atoms with Gasteiger partial charge in [-0.25, -0.2) is 9.69 Å². The van der Waals surface area contributed by atoms with Crippen molar-refractivity contribution in [3.63, 3.8) is 0 Å². The Hall–Kier alpha value is -3.86. The van der Waals surface area contributed by atoms with Crippen molar-refractivity contribution in [2.75, 3.05) is 23.9 Å². The number of anilines is 2. The number of amides is 5. The van der Waals surface area contributed by atoms with Gasteiger partial charge in [0, 0.05) is 5.69 Å². The molecule has 39 heavy (non-hydrogen) atoms. The minimum Gasteiger partial charge on any atom is -0.493 e. The van der Waals surface area contributed by atoms with Crippen LogP contribution in [0.1, 0.15) is 11.1 Å². The summed E-state index contributed by atoms with van der Waals surface area (Å²) in [5.74, 6) is -1.63. The van der Waals surface area contributed by atoms with Crippen LogP contribution in [-0.2, 0) is 14.4 Å². The van der Waals surface area contributed by atoms with Gasteiger partial charge in [0.15, 0.2) is 18.1 Å². The highest BCUT2D eigenvalue weighted by Gasteiger charge is 2.37. The number of aryl methyl sites for hydroxylation is 1. The third kappa shape index (κ3) is 6.42. The van der Waals surface area contributed by atoms with Crippen LogP contribution in [0.2, 0.25) is 10.0 Å². The lowest BCUT2D eigenvalue weighted by Gasteiger charge is -2.26. The number of nitrogens with one attached hydrogen (secondary N) is 2. The maximum Gasteiger partial charge on any atom is 0.335 e. The average Bonchev–Trinajstić information content (AvgIpc) is 2.87. The largest absolute Gasteiger partial charge is 0.493 e. The highest BCUT2D eigenvalue weighted by atomic mass is 79.9. The summed E-state index contributed by atoms with van der Waals surface area (Å²) in [6.45, 7) is 1.61. The molecule has 3 aromatic carbocycles. The lowest BCUT2D eigenvalue weighted by Crippen LogP contribution is -2.54. The predicted octanol–water partition coefficient (Wildman–Crippen LogP) is 5.76. The zero-order valence-electron chi connectivity index (χ0n) is 20.5. The summed E-state index contributed by atoms with van der Waals surface area (Å²) in [6.07, 6.45) is 1.30. The van der Waals surface area contributed by atoms with Gasteiger partial charge in [0.2, 0.25) is 0 Å². The molecule has 12 heteroatoms. The summed E-state index contributed by atoms with van der Waals surface area (Å²) in [5.41, 5.74) is 1.85. The first-order valence-corrected chi connectivity index (χ1v) is 12.9. The molecule has 0 saturated carbocycles. The van der Waals surface area contributed by atoms with E-state index in [-0.39, 0.29) is 45.3 Å². The van der Waals surface area contributed by atoms with Gasteiger partial charge in [-0.1, -0.05) is 35.3 Å². The van der Waals surface area contributed by atoms with E-state index >= 15 is 0 Å². The Labute approximate surface area is 241 Å². The van der Waals surface area contributed by atoms with E-state index in [4.69, 9.17) is 32.7 Å². The molecule has 3 aromatic rings. The molecule has 5 amide bonds. The number of hydrogen-bond donors (Lipinski definition) is 2. The standard InChI is InChI=1S/C27H20BrCl2N3O6/c1-14-4-3-5-16(8-14)31-23(34)13-39-24-19(28)10-15(11-22(24)38-2)9-18-25(35)32-27(37)33(26(18)36)17-6-7-20(29)21(30)12-17/h3-12H,13H2,1-2H3,(H,31,34)(H,32,35,37)/b18-9+. The van der Waals surface area contributed by atoms with Gasteiger partial charge < -0.3 is 14.8 Å². The van der Waals surface area contributed by atoms with E-state index < -0.39 is 17.8 Å². The number of benzene rings is 3. The maximum absolute atomic E-state index is 13.2. The van der Waals surface area contributed by atoms with E-state index in [1.54, 1.807) is 12.1 Å². The van der Waals surface area contributed by atoms with Crippen LogP contribution in [-0.4, -0.2) is 37.5 Å². The predicted molar refractivity (Wildman–Crippen MR) is 151 cm³/mol. The second kappa shape index (κ2) is 11.9. The molecule has 0 spiro atoms. The van der Waals surface area contributed by atoms with Crippen molar-refractivity contribution in [2.45, 2.75) is 6.92 Å². The van der Waals surface area contributed by atoms with Crippen molar-refractivity contribution in [3.8, 4) is 11.5 Å². The number of carbonyl (C=O) groups is 4. The van der Waals surface area contributed by atoms with Crippen LogP contribution in [0.5, 0.6) is 11.5 Å². The van der Waals surface area contributed by atoms with E-state index in [0.717, 1.165) is 10.5 Å². The molecule has 200 valence electrons. The summed E-state index contributed by atoms with van der Waals surface area (Å²) in [4.78, 5) is 51.4. The molecule has 0 radical (unpaired) electrons. The second-order valence-electron chi connectivity index (χ2n) is 8.30. The van der Waals surface area contributed by atoms with Crippen LogP contribution in [0.3, 0.4) is 0 Å². The maximum atomic E-state index is 13.2. The first-order chi connectivity index (χ1) is 18.6. The topological polar surface area (TPSA) is 114 Å². The van der Waals surface area contributed by atoms with Crippen LogP contribution >= 0.6 is 39.1 Å². The van der Waals surface area contributed by atoms with Crippen LogP contribution in [0.15, 0.2) is 64.6 Å². The van der Waals surface area contributed by atoms with Gasteiger partial charge in [0.1, 0.15) is 5.57 Å². The molecule has 0 atom stereocenters. The smallest absolute Gasteiger partial charge is 0.335 e. The normalized spacial score (nSPS) is 14.3. The number of imide groups is 2. The van der Waals surface area contributed by atoms with Gasteiger partial charge in [0.05, 0.1) is 27.3 Å². The first kappa shape index (κ1) is 28.2. The monoisotopic (exact) mass is 631 g/mol. The fourth-order valence-electron chi connectivity index (χ4n) is 3.70. The van der Waals surface area contributed by atoms with E-state index in [9.17, 15) is 19.2 Å². The molecule has 1 heterocycles. The highest BCUT2D eigenvalue weighted by Crippen LogP contribution is 2.38. The van der Waals surface area contributed by atoms with Crippen molar-refractivity contribution in [1.29, 1.82) is 0 Å². The summed E-state index contributed by atoms with van der Waals surface area (Å²) in [5, 5.41) is 5.27. The number of urea groups is 1. The van der Waals surface area contributed by atoms with E-state index in [0.29, 0.717) is 15.7 Å². The average molecular weight is 633 g/mol. The molecule has 0 aliphatic carbocycles. The van der Waals surface area contributed by atoms with E-state index in [1.807, 2.05) is 25.1 Å². The van der Waals surface area contributed by atoms with Crippen LogP contribution in [0.25, 0.3) is 6.08 Å². The van der Waals surface area contributed by atoms with Crippen molar-refractivity contribution < 1.29 is 28.7 Å². The van der Waals surface area contributed by atoms with Crippen molar-refractivity contribution in [2.24, 2.45) is 0 Å². The van der Waals surface area contributed by atoms with Gasteiger partial charge in [-0.05, 0) is 82.5 Å². The number of rotatable bonds is 7. The summed E-state index contributed by atoms with van der Waals surface area (Å²) in [7, 11) is 1.40. The molecule has 0 unspecified atom stereocenters. The number of carbonyl (C=O) groups excluding carboxylic acids is 4. The molecule has 2 N–H and O–H groups in total. The first-order valence-electron chi connectivity index (χ1n) is 11.3. The van der Waals surface area contributed by atoms with Gasteiger partial charge in [0.25, 0.3) is 17.7 Å². The molecule has 9 nitrogen and oxygen atoms in total.